The summed E-state index contributed by atoms with van der Waals surface area (Å²) < 4.78 is 1.20. The van der Waals surface area contributed by atoms with Crippen LogP contribution in [0.5, 0.6) is 0 Å². The predicted octanol–water partition coefficient (Wildman–Crippen LogP) is 10.7. The largest absolute Gasteiger partial charge is 0.870 e. The Morgan fingerprint density at radius 3 is 1.12 bits per heavy atom. The second-order valence-electron chi connectivity index (χ2n) is 10.7. The van der Waals surface area contributed by atoms with Gasteiger partial charge in [-0.3, -0.25) is 4.48 Å². The van der Waals surface area contributed by atoms with Crippen LogP contribution < -0.4 is 4.48 Å². The second-order valence-corrected chi connectivity index (χ2v) is 10.7. The van der Waals surface area contributed by atoms with E-state index in [1.807, 2.05) is 0 Å². The zero-order valence-electron chi connectivity index (χ0n) is 23.5. The monoisotopic (exact) mass is 475 g/mol. The average molecular weight is 476 g/mol. The quantitative estimate of drug-likeness (QED) is 0.108. The maximum atomic E-state index is 2.36. The van der Waals surface area contributed by atoms with E-state index in [0.717, 1.165) is 0 Å². The van der Waals surface area contributed by atoms with E-state index >= 15 is 0 Å². The van der Waals surface area contributed by atoms with Gasteiger partial charge in [0.25, 0.3) is 0 Å². The van der Waals surface area contributed by atoms with Crippen LogP contribution in [0.1, 0.15) is 149 Å². The van der Waals surface area contributed by atoms with Gasteiger partial charge in [-0.1, -0.05) is 142 Å². The first-order valence-corrected chi connectivity index (χ1v) is 15.2. The van der Waals surface area contributed by atoms with Gasteiger partial charge in [-0.15, -0.1) is 0 Å². The van der Waals surface area contributed by atoms with Crippen LogP contribution in [0.25, 0.3) is 0 Å². The summed E-state index contributed by atoms with van der Waals surface area (Å²) in [5, 5.41) is 0. The molecule has 200 valence electrons. The van der Waals surface area contributed by atoms with Gasteiger partial charge in [0.1, 0.15) is 5.69 Å². The molecule has 1 N–H and O–H groups in total. The molecule has 0 radical (unpaired) electrons. The minimum atomic E-state index is 0. The first kappa shape index (κ1) is 33.1. The van der Waals surface area contributed by atoms with Gasteiger partial charge in [-0.05, 0) is 37.8 Å². The normalized spacial score (nSPS) is 11.5. The van der Waals surface area contributed by atoms with E-state index in [4.69, 9.17) is 0 Å². The van der Waals surface area contributed by atoms with Crippen LogP contribution in [0.4, 0.5) is 5.69 Å². The summed E-state index contributed by atoms with van der Waals surface area (Å²) in [5.74, 6) is 0. The number of rotatable bonds is 24. The molecule has 0 saturated carbocycles. The SMILES string of the molecule is CCCCCCCCCCCCCCCCCCCC[N+](CCC)(CCC)c1ccccc1.[OH-]. The van der Waals surface area contributed by atoms with Crippen molar-refractivity contribution < 1.29 is 5.48 Å². The molecule has 0 aliphatic heterocycles. The summed E-state index contributed by atoms with van der Waals surface area (Å²) in [6.45, 7) is 10.9. The molecule has 0 aliphatic rings. The average Bonchev–Trinajstić information content (AvgIpc) is 2.84. The second kappa shape index (κ2) is 23.9. The van der Waals surface area contributed by atoms with Crippen molar-refractivity contribution >= 4 is 5.69 Å². The lowest BCUT2D eigenvalue weighted by Crippen LogP contribution is -2.51. The van der Waals surface area contributed by atoms with E-state index in [-0.39, 0.29) is 5.48 Å². The molecule has 1 rings (SSSR count). The third kappa shape index (κ3) is 15.9. The lowest BCUT2D eigenvalue weighted by Gasteiger charge is -2.38. The van der Waals surface area contributed by atoms with Crippen LogP contribution in [0.3, 0.4) is 0 Å². The zero-order chi connectivity index (χ0) is 23.9. The zero-order valence-corrected chi connectivity index (χ0v) is 23.5. The van der Waals surface area contributed by atoms with Gasteiger partial charge < -0.3 is 5.48 Å². The molecule has 34 heavy (non-hydrogen) atoms. The van der Waals surface area contributed by atoms with Crippen molar-refractivity contribution in [1.82, 2.24) is 4.48 Å². The molecule has 0 aliphatic carbocycles. The highest BCUT2D eigenvalue weighted by atomic mass is 16.0. The lowest BCUT2D eigenvalue weighted by atomic mass is 10.0. The van der Waals surface area contributed by atoms with E-state index in [0.29, 0.717) is 0 Å². The van der Waals surface area contributed by atoms with Crippen LogP contribution in [0, 0.1) is 0 Å². The van der Waals surface area contributed by atoms with E-state index in [2.05, 4.69) is 51.1 Å². The van der Waals surface area contributed by atoms with Crippen molar-refractivity contribution in [3.63, 3.8) is 0 Å². The first-order chi connectivity index (χ1) is 16.3. The Labute approximate surface area is 214 Å². The number of hydrogen-bond donors (Lipinski definition) is 0. The molecule has 0 spiro atoms. The van der Waals surface area contributed by atoms with E-state index < -0.39 is 0 Å². The highest BCUT2D eigenvalue weighted by Crippen LogP contribution is 2.25. The highest BCUT2D eigenvalue weighted by Gasteiger charge is 2.27. The van der Waals surface area contributed by atoms with Crippen molar-refractivity contribution in [1.29, 1.82) is 0 Å². The molecule has 1 aromatic carbocycles. The Hall–Kier alpha value is -0.860. The van der Waals surface area contributed by atoms with Gasteiger partial charge in [0.2, 0.25) is 0 Å². The van der Waals surface area contributed by atoms with Crippen molar-refractivity contribution in [3.8, 4) is 0 Å². The van der Waals surface area contributed by atoms with Gasteiger partial charge in [-0.25, -0.2) is 0 Å². The van der Waals surface area contributed by atoms with Crippen molar-refractivity contribution in [3.05, 3.63) is 30.3 Å². The third-order valence-electron chi connectivity index (χ3n) is 7.55. The Bertz CT molecular complexity index is 509. The van der Waals surface area contributed by atoms with Crippen LogP contribution in [0.2, 0.25) is 0 Å². The summed E-state index contributed by atoms with van der Waals surface area (Å²) in [5.41, 5.74) is 1.54. The molecule has 1 aromatic rings. The van der Waals surface area contributed by atoms with Crippen molar-refractivity contribution in [2.75, 3.05) is 19.6 Å². The van der Waals surface area contributed by atoms with Crippen molar-refractivity contribution in [2.45, 2.75) is 149 Å². The standard InChI is InChI=1S/C32H60N.H2O/c1-4-7-8-9-10-11-12-13-14-15-16-17-18-19-20-21-22-26-31-33(29-5-2,30-6-3)32-27-24-23-25-28-32;/h23-25,27-28H,4-22,26,29-31H2,1-3H3;1H2/q+1;/p-1. The fourth-order valence-electron chi connectivity index (χ4n) is 5.64. The predicted molar refractivity (Wildman–Crippen MR) is 154 cm³/mol. The molecule has 0 amide bonds. The summed E-state index contributed by atoms with van der Waals surface area (Å²) >= 11 is 0. The summed E-state index contributed by atoms with van der Waals surface area (Å²) in [4.78, 5) is 0. The van der Waals surface area contributed by atoms with Gasteiger partial charge in [0.15, 0.2) is 0 Å². The molecule has 0 aromatic heterocycles. The Balaban J connectivity index is 0.0000109. The van der Waals surface area contributed by atoms with Gasteiger partial charge >= 0.3 is 0 Å². The third-order valence-corrected chi connectivity index (χ3v) is 7.55. The summed E-state index contributed by atoms with van der Waals surface area (Å²) in [7, 11) is 0. The Kier molecular flexibility index (Phi) is 23.3. The smallest absolute Gasteiger partial charge is 0.132 e. The summed E-state index contributed by atoms with van der Waals surface area (Å²) in [6.07, 6.45) is 28.7. The van der Waals surface area contributed by atoms with E-state index in [9.17, 15) is 0 Å². The number of hydrogen-bond acceptors (Lipinski definition) is 1. The maximum absolute atomic E-state index is 2.36. The molecule has 0 fully saturated rings. The minimum absolute atomic E-state index is 0. The first-order valence-electron chi connectivity index (χ1n) is 15.2. The topological polar surface area (TPSA) is 30.0 Å². The molecule has 0 unspecified atom stereocenters. The number of quaternary nitrogens is 1. The minimum Gasteiger partial charge on any atom is -0.870 e. The molecular weight excluding hydrogens is 414 g/mol. The van der Waals surface area contributed by atoms with Gasteiger partial charge in [-0.2, -0.15) is 0 Å². The van der Waals surface area contributed by atoms with Gasteiger partial charge in [0.05, 0.1) is 19.6 Å². The van der Waals surface area contributed by atoms with Crippen LogP contribution >= 0.6 is 0 Å². The number of benzene rings is 1. The fourth-order valence-corrected chi connectivity index (χ4v) is 5.64. The van der Waals surface area contributed by atoms with E-state index in [1.165, 1.54) is 158 Å². The number of nitrogens with zero attached hydrogens (tertiary/aromatic N) is 1. The molecule has 2 nitrogen and oxygen atoms in total. The summed E-state index contributed by atoms with van der Waals surface area (Å²) in [6, 6.07) is 11.3. The Morgan fingerprint density at radius 1 is 0.412 bits per heavy atom. The molecule has 0 atom stereocenters. The molecule has 2 heteroatoms. The van der Waals surface area contributed by atoms with Gasteiger partial charge in [0, 0.05) is 0 Å². The fraction of sp³-hybridized carbons (Fsp3) is 0.812. The van der Waals surface area contributed by atoms with E-state index in [1.54, 1.807) is 0 Å². The molecular formula is C32H61NO. The molecule has 0 heterocycles. The Morgan fingerprint density at radius 2 is 0.765 bits per heavy atom. The highest BCUT2D eigenvalue weighted by molar-refractivity contribution is 5.42. The number of unbranched alkanes of at least 4 members (excludes halogenated alkanes) is 17. The molecule has 0 bridgehead atoms. The van der Waals surface area contributed by atoms with Crippen molar-refractivity contribution in [2.24, 2.45) is 0 Å². The van der Waals surface area contributed by atoms with Crippen LogP contribution in [0.15, 0.2) is 30.3 Å². The maximum Gasteiger partial charge on any atom is 0.132 e. The van der Waals surface area contributed by atoms with Crippen LogP contribution in [-0.2, 0) is 0 Å². The lowest BCUT2D eigenvalue weighted by molar-refractivity contribution is 0.265. The number of para-hydroxylation sites is 1. The van der Waals surface area contributed by atoms with Crippen LogP contribution in [-0.4, -0.2) is 25.1 Å². The molecule has 0 saturated heterocycles.